The van der Waals surface area contributed by atoms with Crippen molar-refractivity contribution in [2.24, 2.45) is 0 Å². The molecular formula is C18H25ClN4O3. The fraction of sp³-hybridized carbons (Fsp3) is 0.556. The summed E-state index contributed by atoms with van der Waals surface area (Å²) >= 11 is 6.12. The Bertz CT molecular complexity index is 637. The van der Waals surface area contributed by atoms with E-state index >= 15 is 0 Å². The number of nitrogens with zero attached hydrogens (tertiary/aromatic N) is 3. The van der Waals surface area contributed by atoms with Crippen molar-refractivity contribution in [1.82, 2.24) is 20.0 Å². The van der Waals surface area contributed by atoms with Crippen LogP contribution in [0.2, 0.25) is 5.02 Å². The van der Waals surface area contributed by atoms with Gasteiger partial charge in [-0.15, -0.1) is 0 Å². The summed E-state index contributed by atoms with van der Waals surface area (Å²) in [6.07, 6.45) is 0.773. The Hall–Kier alpha value is -1.99. The first kappa shape index (κ1) is 18.8. The molecule has 4 amide bonds. The van der Waals surface area contributed by atoms with Gasteiger partial charge in [-0.25, -0.2) is 9.59 Å². The summed E-state index contributed by atoms with van der Waals surface area (Å²) < 4.78 is 5.30. The lowest BCUT2D eigenvalue weighted by Gasteiger charge is -2.32. The average Bonchev–Trinajstić information content (AvgIpc) is 2.93. The van der Waals surface area contributed by atoms with Gasteiger partial charge >= 0.3 is 12.1 Å². The quantitative estimate of drug-likeness (QED) is 0.853. The molecule has 1 N–H and O–H groups in total. The molecule has 0 spiro atoms. The average molecular weight is 381 g/mol. The van der Waals surface area contributed by atoms with Gasteiger partial charge in [0.15, 0.2) is 0 Å². The summed E-state index contributed by atoms with van der Waals surface area (Å²) in [6.45, 7) is 5.25. The first-order valence-electron chi connectivity index (χ1n) is 9.03. The van der Waals surface area contributed by atoms with Gasteiger partial charge in [0.25, 0.3) is 0 Å². The third-order valence-electron chi connectivity index (χ3n) is 4.72. The highest BCUT2D eigenvalue weighted by Crippen LogP contribution is 2.14. The third-order valence-corrected chi connectivity index (χ3v) is 5.09. The van der Waals surface area contributed by atoms with Crippen molar-refractivity contribution in [3.8, 4) is 0 Å². The minimum atomic E-state index is -0.120. The molecule has 2 saturated heterocycles. The molecule has 0 bridgehead atoms. The molecule has 0 unspecified atom stereocenters. The number of halogens is 1. The topological polar surface area (TPSA) is 65.1 Å². The number of hydrogen-bond donors (Lipinski definition) is 1. The lowest BCUT2D eigenvalue weighted by molar-refractivity contribution is 0.0436. The second kappa shape index (κ2) is 9.09. The summed E-state index contributed by atoms with van der Waals surface area (Å²) in [7, 11) is 0. The maximum absolute atomic E-state index is 12.6. The molecule has 7 nitrogen and oxygen atoms in total. The van der Waals surface area contributed by atoms with Crippen LogP contribution in [-0.4, -0.2) is 79.2 Å². The highest BCUT2D eigenvalue weighted by atomic mass is 35.5. The Balaban J connectivity index is 1.49. The molecule has 2 heterocycles. The summed E-state index contributed by atoms with van der Waals surface area (Å²) in [5.74, 6) is 0. The Morgan fingerprint density at radius 2 is 1.62 bits per heavy atom. The summed E-state index contributed by atoms with van der Waals surface area (Å²) in [4.78, 5) is 30.5. The molecule has 2 aliphatic heterocycles. The zero-order valence-electron chi connectivity index (χ0n) is 14.8. The first-order valence-corrected chi connectivity index (χ1v) is 9.41. The second-order valence-electron chi connectivity index (χ2n) is 6.46. The van der Waals surface area contributed by atoms with Crippen molar-refractivity contribution < 1.29 is 14.3 Å². The number of ether oxygens (including phenoxy) is 1. The summed E-state index contributed by atoms with van der Waals surface area (Å²) in [6, 6.07) is 7.40. The number of nitrogens with one attached hydrogen (secondary N) is 1. The van der Waals surface area contributed by atoms with Gasteiger partial charge in [-0.1, -0.05) is 29.8 Å². The molecule has 0 radical (unpaired) electrons. The van der Waals surface area contributed by atoms with E-state index < -0.39 is 0 Å². The number of amides is 4. The fourth-order valence-electron chi connectivity index (χ4n) is 3.19. The fourth-order valence-corrected chi connectivity index (χ4v) is 3.39. The molecule has 2 fully saturated rings. The lowest BCUT2D eigenvalue weighted by atomic mass is 10.2. The number of benzene rings is 1. The molecule has 3 rings (SSSR count). The second-order valence-corrected chi connectivity index (χ2v) is 6.87. The lowest BCUT2D eigenvalue weighted by Crippen LogP contribution is -2.49. The largest absolute Gasteiger partial charge is 0.378 e. The van der Waals surface area contributed by atoms with Crippen LogP contribution in [0.3, 0.4) is 0 Å². The van der Waals surface area contributed by atoms with Crippen molar-refractivity contribution in [2.75, 3.05) is 52.5 Å². The van der Waals surface area contributed by atoms with E-state index in [9.17, 15) is 9.59 Å². The molecule has 0 aromatic heterocycles. The predicted octanol–water partition coefficient (Wildman–Crippen LogP) is 2.01. The van der Waals surface area contributed by atoms with Gasteiger partial charge in [-0.3, -0.25) is 0 Å². The molecule has 2 aliphatic rings. The van der Waals surface area contributed by atoms with Gasteiger partial charge in [0.05, 0.1) is 13.2 Å². The maximum Gasteiger partial charge on any atom is 0.320 e. The van der Waals surface area contributed by atoms with E-state index in [2.05, 4.69) is 5.32 Å². The van der Waals surface area contributed by atoms with Crippen molar-refractivity contribution in [2.45, 2.75) is 13.0 Å². The summed E-state index contributed by atoms with van der Waals surface area (Å²) in [5, 5.41) is 3.56. The Kier molecular flexibility index (Phi) is 6.57. The third kappa shape index (κ3) is 4.80. The number of hydrogen-bond acceptors (Lipinski definition) is 3. The molecule has 1 aromatic rings. The van der Waals surface area contributed by atoms with Crippen LogP contribution in [0, 0.1) is 0 Å². The van der Waals surface area contributed by atoms with E-state index in [-0.39, 0.29) is 12.1 Å². The standard InChI is InChI=1S/C18H25ClN4O3/c19-16-5-2-1-4-15(16)14-20-17(24)21-6-3-7-22(9-8-21)18(25)23-10-12-26-13-11-23/h1-2,4-5H,3,6-14H2,(H,20,24). The van der Waals surface area contributed by atoms with E-state index in [1.54, 1.807) is 4.90 Å². The van der Waals surface area contributed by atoms with Gasteiger partial charge < -0.3 is 24.8 Å². The zero-order valence-corrected chi connectivity index (χ0v) is 15.6. The molecule has 26 heavy (non-hydrogen) atoms. The van der Waals surface area contributed by atoms with E-state index in [1.165, 1.54) is 0 Å². The van der Waals surface area contributed by atoms with Gasteiger partial charge in [0.1, 0.15) is 0 Å². The predicted molar refractivity (Wildman–Crippen MR) is 99.2 cm³/mol. The minimum absolute atomic E-state index is 0.0478. The van der Waals surface area contributed by atoms with Crippen molar-refractivity contribution in [1.29, 1.82) is 0 Å². The molecule has 1 aromatic carbocycles. The van der Waals surface area contributed by atoms with Crippen molar-refractivity contribution >= 4 is 23.7 Å². The zero-order chi connectivity index (χ0) is 18.4. The number of carbonyl (C=O) groups is 2. The summed E-state index contributed by atoms with van der Waals surface area (Å²) in [5.41, 5.74) is 0.890. The smallest absolute Gasteiger partial charge is 0.320 e. The van der Waals surface area contributed by atoms with Crippen LogP contribution in [0.25, 0.3) is 0 Å². The van der Waals surface area contributed by atoms with Gasteiger partial charge in [-0.2, -0.15) is 0 Å². The minimum Gasteiger partial charge on any atom is -0.378 e. The highest BCUT2D eigenvalue weighted by Gasteiger charge is 2.26. The van der Waals surface area contributed by atoms with Crippen molar-refractivity contribution in [3.63, 3.8) is 0 Å². The van der Waals surface area contributed by atoms with Crippen LogP contribution in [0.1, 0.15) is 12.0 Å². The van der Waals surface area contributed by atoms with Crippen LogP contribution in [0.4, 0.5) is 9.59 Å². The van der Waals surface area contributed by atoms with E-state index in [0.717, 1.165) is 12.0 Å². The van der Waals surface area contributed by atoms with Gasteiger partial charge in [0.2, 0.25) is 0 Å². The monoisotopic (exact) mass is 380 g/mol. The number of morpholine rings is 1. The maximum atomic E-state index is 12.6. The Morgan fingerprint density at radius 1 is 0.962 bits per heavy atom. The molecule has 8 heteroatoms. The van der Waals surface area contributed by atoms with E-state index in [4.69, 9.17) is 16.3 Å². The number of carbonyl (C=O) groups excluding carboxylic acids is 2. The number of rotatable bonds is 2. The van der Waals surface area contributed by atoms with Gasteiger partial charge in [-0.05, 0) is 18.1 Å². The highest BCUT2D eigenvalue weighted by molar-refractivity contribution is 6.31. The van der Waals surface area contributed by atoms with Crippen LogP contribution in [0.15, 0.2) is 24.3 Å². The Morgan fingerprint density at radius 3 is 2.38 bits per heavy atom. The Labute approximate surface area is 158 Å². The molecule has 142 valence electrons. The normalized spacial score (nSPS) is 18.4. The van der Waals surface area contributed by atoms with E-state index in [0.29, 0.717) is 64.0 Å². The SMILES string of the molecule is O=C(NCc1ccccc1Cl)N1CCCN(C(=O)N2CCOCC2)CC1. The van der Waals surface area contributed by atoms with Crippen LogP contribution < -0.4 is 5.32 Å². The molecule has 0 saturated carbocycles. The van der Waals surface area contributed by atoms with Crippen molar-refractivity contribution in [3.05, 3.63) is 34.9 Å². The van der Waals surface area contributed by atoms with Crippen LogP contribution in [-0.2, 0) is 11.3 Å². The van der Waals surface area contributed by atoms with Crippen LogP contribution >= 0.6 is 11.6 Å². The first-order chi connectivity index (χ1) is 12.6. The molecular weight excluding hydrogens is 356 g/mol. The molecule has 0 atom stereocenters. The molecule has 0 aliphatic carbocycles. The number of urea groups is 2. The van der Waals surface area contributed by atoms with E-state index in [1.807, 2.05) is 34.1 Å². The van der Waals surface area contributed by atoms with Gasteiger partial charge in [0, 0.05) is 50.8 Å². The van der Waals surface area contributed by atoms with Crippen LogP contribution in [0.5, 0.6) is 0 Å².